The molecular weight excluding hydrogens is 192 g/mol. The van der Waals surface area contributed by atoms with E-state index in [0.717, 1.165) is 22.6 Å². The molecule has 5 heteroatoms. The summed E-state index contributed by atoms with van der Waals surface area (Å²) in [6.07, 6.45) is 2.95. The largest absolute Gasteiger partial charge is 0.451 e. The maximum atomic E-state index is 4.93. The van der Waals surface area contributed by atoms with Gasteiger partial charge in [-0.1, -0.05) is 0 Å². The summed E-state index contributed by atoms with van der Waals surface area (Å²) in [7, 11) is 1.86. The Morgan fingerprint density at radius 2 is 2.07 bits per heavy atom. The van der Waals surface area contributed by atoms with Crippen LogP contribution in [0.1, 0.15) is 11.3 Å². The molecule has 0 fully saturated rings. The number of hydrogen-bond donors (Lipinski definition) is 1. The van der Waals surface area contributed by atoms with E-state index in [-0.39, 0.29) is 0 Å². The molecule has 5 nitrogen and oxygen atoms in total. The van der Waals surface area contributed by atoms with Gasteiger partial charge in [-0.05, 0) is 13.8 Å². The molecule has 2 rings (SSSR count). The van der Waals surface area contributed by atoms with Crippen LogP contribution in [0.4, 0.5) is 5.69 Å². The third-order valence-corrected chi connectivity index (χ3v) is 2.32. The molecule has 15 heavy (non-hydrogen) atoms. The first-order chi connectivity index (χ1) is 7.24. The second-order valence-electron chi connectivity index (χ2n) is 3.26. The van der Waals surface area contributed by atoms with Gasteiger partial charge < -0.3 is 9.73 Å². The molecule has 0 atom stereocenters. The summed E-state index contributed by atoms with van der Waals surface area (Å²) in [5, 5.41) is 11.3. The lowest BCUT2D eigenvalue weighted by Crippen LogP contribution is -2.02. The lowest BCUT2D eigenvalue weighted by molar-refractivity contribution is 0.558. The Kier molecular flexibility index (Phi) is 2.37. The van der Waals surface area contributed by atoms with Crippen LogP contribution in [-0.2, 0) is 0 Å². The molecule has 0 aliphatic rings. The van der Waals surface area contributed by atoms with Crippen LogP contribution in [0.3, 0.4) is 0 Å². The minimum absolute atomic E-state index is 0.705. The fourth-order valence-electron chi connectivity index (χ4n) is 1.58. The normalized spacial score (nSPS) is 10.3. The van der Waals surface area contributed by atoms with Crippen LogP contribution in [0.25, 0.3) is 11.4 Å². The molecule has 0 radical (unpaired) electrons. The van der Waals surface area contributed by atoms with Crippen molar-refractivity contribution < 1.29 is 4.42 Å². The quantitative estimate of drug-likeness (QED) is 0.807. The predicted octanol–water partition coefficient (Wildman–Crippen LogP) is 1.79. The van der Waals surface area contributed by atoms with Crippen molar-refractivity contribution in [3.05, 3.63) is 23.9 Å². The molecule has 0 aliphatic heterocycles. The summed E-state index contributed by atoms with van der Waals surface area (Å²) in [5.74, 6) is 0. The van der Waals surface area contributed by atoms with Crippen LogP contribution >= 0.6 is 0 Å². The number of nitrogens with one attached hydrogen (secondary N) is 1. The SMILES string of the molecule is CNc1c(C)nnc(-c2cocn2)c1C. The molecule has 2 heterocycles. The zero-order valence-corrected chi connectivity index (χ0v) is 8.90. The van der Waals surface area contributed by atoms with Gasteiger partial charge in [-0.2, -0.15) is 5.10 Å². The van der Waals surface area contributed by atoms with Crippen LogP contribution < -0.4 is 5.32 Å². The number of hydrogen-bond acceptors (Lipinski definition) is 5. The Balaban J connectivity index is 2.60. The predicted molar refractivity (Wildman–Crippen MR) is 56.5 cm³/mol. The molecule has 0 aromatic carbocycles. The summed E-state index contributed by atoms with van der Waals surface area (Å²) in [6, 6.07) is 0. The highest BCUT2D eigenvalue weighted by atomic mass is 16.3. The first kappa shape index (κ1) is 9.64. The van der Waals surface area contributed by atoms with Crippen molar-refractivity contribution in [3.63, 3.8) is 0 Å². The summed E-state index contributed by atoms with van der Waals surface area (Å²) < 4.78 is 4.93. The summed E-state index contributed by atoms with van der Waals surface area (Å²) in [6.45, 7) is 3.90. The Labute approximate surface area is 87.6 Å². The zero-order chi connectivity index (χ0) is 10.8. The van der Waals surface area contributed by atoms with E-state index in [9.17, 15) is 0 Å². The van der Waals surface area contributed by atoms with E-state index in [0.29, 0.717) is 5.69 Å². The third kappa shape index (κ3) is 1.56. The molecule has 1 N–H and O–H groups in total. The Hall–Kier alpha value is -1.91. The number of oxazole rings is 1. The number of aromatic nitrogens is 3. The third-order valence-electron chi connectivity index (χ3n) is 2.32. The highest BCUT2D eigenvalue weighted by Gasteiger charge is 2.12. The zero-order valence-electron chi connectivity index (χ0n) is 8.90. The number of rotatable bonds is 2. The van der Waals surface area contributed by atoms with E-state index in [2.05, 4.69) is 20.5 Å². The molecule has 2 aromatic rings. The van der Waals surface area contributed by atoms with E-state index in [1.807, 2.05) is 20.9 Å². The second-order valence-corrected chi connectivity index (χ2v) is 3.26. The van der Waals surface area contributed by atoms with Crippen LogP contribution in [0.15, 0.2) is 17.1 Å². The van der Waals surface area contributed by atoms with E-state index in [1.54, 1.807) is 6.26 Å². The van der Waals surface area contributed by atoms with Gasteiger partial charge in [-0.25, -0.2) is 4.98 Å². The lowest BCUT2D eigenvalue weighted by atomic mass is 10.1. The van der Waals surface area contributed by atoms with Gasteiger partial charge in [0.15, 0.2) is 6.39 Å². The molecule has 0 saturated carbocycles. The van der Waals surface area contributed by atoms with Gasteiger partial charge in [0.25, 0.3) is 0 Å². The van der Waals surface area contributed by atoms with Crippen LogP contribution in [0.2, 0.25) is 0 Å². The summed E-state index contributed by atoms with van der Waals surface area (Å²) >= 11 is 0. The molecule has 2 aromatic heterocycles. The van der Waals surface area contributed by atoms with Crippen molar-refractivity contribution in [2.45, 2.75) is 13.8 Å². The maximum Gasteiger partial charge on any atom is 0.181 e. The van der Waals surface area contributed by atoms with Crippen LogP contribution in [0.5, 0.6) is 0 Å². The fraction of sp³-hybridized carbons (Fsp3) is 0.300. The van der Waals surface area contributed by atoms with Gasteiger partial charge in [0, 0.05) is 12.6 Å². The van der Waals surface area contributed by atoms with Gasteiger partial charge >= 0.3 is 0 Å². The number of aryl methyl sites for hydroxylation is 1. The average Bonchev–Trinajstić information content (AvgIpc) is 2.71. The van der Waals surface area contributed by atoms with Crippen molar-refractivity contribution >= 4 is 5.69 Å². The molecule has 0 unspecified atom stereocenters. The van der Waals surface area contributed by atoms with Gasteiger partial charge in [0.1, 0.15) is 17.7 Å². The summed E-state index contributed by atoms with van der Waals surface area (Å²) in [4.78, 5) is 4.06. The van der Waals surface area contributed by atoms with Crippen LogP contribution in [-0.4, -0.2) is 22.2 Å². The molecular formula is C10H12N4O. The van der Waals surface area contributed by atoms with Gasteiger partial charge in [0.2, 0.25) is 0 Å². The highest BCUT2D eigenvalue weighted by molar-refractivity contribution is 5.67. The van der Waals surface area contributed by atoms with E-state index in [4.69, 9.17) is 4.42 Å². The minimum atomic E-state index is 0.705. The van der Waals surface area contributed by atoms with E-state index >= 15 is 0 Å². The monoisotopic (exact) mass is 204 g/mol. The first-order valence-electron chi connectivity index (χ1n) is 4.64. The molecule has 0 bridgehead atoms. The highest BCUT2D eigenvalue weighted by Crippen LogP contribution is 2.25. The Morgan fingerprint density at radius 3 is 2.67 bits per heavy atom. The topological polar surface area (TPSA) is 63.8 Å². The van der Waals surface area contributed by atoms with E-state index < -0.39 is 0 Å². The Morgan fingerprint density at radius 1 is 1.27 bits per heavy atom. The first-order valence-corrected chi connectivity index (χ1v) is 4.64. The minimum Gasteiger partial charge on any atom is -0.451 e. The molecule has 0 aliphatic carbocycles. The van der Waals surface area contributed by atoms with Crippen molar-refractivity contribution in [1.82, 2.24) is 15.2 Å². The van der Waals surface area contributed by atoms with Gasteiger partial charge in [0.05, 0.1) is 11.4 Å². The van der Waals surface area contributed by atoms with Crippen molar-refractivity contribution in [3.8, 4) is 11.4 Å². The fourth-order valence-corrected chi connectivity index (χ4v) is 1.58. The molecule has 0 saturated heterocycles. The second kappa shape index (κ2) is 3.68. The molecule has 0 amide bonds. The van der Waals surface area contributed by atoms with E-state index in [1.165, 1.54) is 6.39 Å². The van der Waals surface area contributed by atoms with Crippen LogP contribution in [0, 0.1) is 13.8 Å². The summed E-state index contributed by atoms with van der Waals surface area (Å²) in [5.41, 5.74) is 4.35. The molecule has 0 spiro atoms. The number of anilines is 1. The lowest BCUT2D eigenvalue weighted by Gasteiger charge is -2.09. The smallest absolute Gasteiger partial charge is 0.181 e. The van der Waals surface area contributed by atoms with Gasteiger partial charge in [-0.15, -0.1) is 5.10 Å². The molecule has 78 valence electrons. The standard InChI is InChI=1S/C10H12N4O/c1-6-9(11-3)7(2)13-14-10(6)8-4-15-5-12-8/h4-5H,1-3H3,(H,11,14). The van der Waals surface area contributed by atoms with Gasteiger partial charge in [-0.3, -0.25) is 0 Å². The number of nitrogens with zero attached hydrogens (tertiary/aromatic N) is 3. The van der Waals surface area contributed by atoms with Crippen molar-refractivity contribution in [2.24, 2.45) is 0 Å². The van der Waals surface area contributed by atoms with Crippen molar-refractivity contribution in [1.29, 1.82) is 0 Å². The van der Waals surface area contributed by atoms with Crippen molar-refractivity contribution in [2.75, 3.05) is 12.4 Å². The maximum absolute atomic E-state index is 4.93. The average molecular weight is 204 g/mol. The Bertz CT molecular complexity index is 465.